The van der Waals surface area contributed by atoms with Gasteiger partial charge in [-0.1, -0.05) is 22.0 Å². The standard InChI is InChI=1S/C13H11Br2FN2O2S/c1-7-9(14)3-2-4-11(7)18-21(19,20)12-6-8(17)5-10(15)13(12)16/h2-6,18H,17H2,1H3. The maximum Gasteiger partial charge on any atom is 0.264 e. The van der Waals surface area contributed by atoms with E-state index in [9.17, 15) is 12.8 Å². The lowest BCUT2D eigenvalue weighted by molar-refractivity contribution is 0.567. The van der Waals surface area contributed by atoms with Gasteiger partial charge in [0, 0.05) is 10.2 Å². The quantitative estimate of drug-likeness (QED) is 0.711. The minimum absolute atomic E-state index is 0.00570. The first-order valence-electron chi connectivity index (χ1n) is 5.75. The number of nitrogens with two attached hydrogens (primary N) is 1. The molecule has 21 heavy (non-hydrogen) atoms. The Hall–Kier alpha value is -1.12. The predicted octanol–water partition coefficient (Wildman–Crippen LogP) is 4.04. The number of hydrogen-bond donors (Lipinski definition) is 2. The van der Waals surface area contributed by atoms with E-state index < -0.39 is 20.7 Å². The molecule has 0 bridgehead atoms. The van der Waals surface area contributed by atoms with Crippen LogP contribution >= 0.6 is 31.9 Å². The monoisotopic (exact) mass is 436 g/mol. The van der Waals surface area contributed by atoms with Gasteiger partial charge in [-0.15, -0.1) is 0 Å². The average molecular weight is 438 g/mol. The van der Waals surface area contributed by atoms with Gasteiger partial charge in [-0.25, -0.2) is 12.8 Å². The van der Waals surface area contributed by atoms with E-state index in [4.69, 9.17) is 5.73 Å². The maximum atomic E-state index is 14.0. The minimum Gasteiger partial charge on any atom is -0.399 e. The normalized spacial score (nSPS) is 11.4. The molecule has 8 heteroatoms. The Morgan fingerprint density at radius 3 is 2.52 bits per heavy atom. The molecule has 0 amide bonds. The molecule has 0 radical (unpaired) electrons. The summed E-state index contributed by atoms with van der Waals surface area (Å²) in [6.45, 7) is 1.74. The lowest BCUT2D eigenvalue weighted by atomic mass is 10.2. The van der Waals surface area contributed by atoms with E-state index in [1.807, 2.05) is 0 Å². The van der Waals surface area contributed by atoms with Crippen LogP contribution in [0, 0.1) is 12.7 Å². The molecule has 0 spiro atoms. The average Bonchev–Trinajstić information content (AvgIpc) is 2.39. The fraction of sp³-hybridized carbons (Fsp3) is 0.0769. The van der Waals surface area contributed by atoms with Crippen molar-refractivity contribution in [3.8, 4) is 0 Å². The molecule has 0 saturated heterocycles. The lowest BCUT2D eigenvalue weighted by Gasteiger charge is -2.13. The highest BCUT2D eigenvalue weighted by Gasteiger charge is 2.22. The van der Waals surface area contributed by atoms with Gasteiger partial charge in [0.1, 0.15) is 4.90 Å². The zero-order valence-electron chi connectivity index (χ0n) is 10.8. The molecule has 2 aromatic carbocycles. The van der Waals surface area contributed by atoms with Gasteiger partial charge in [0.15, 0.2) is 5.82 Å². The fourth-order valence-corrected chi connectivity index (χ4v) is 3.93. The third-order valence-electron chi connectivity index (χ3n) is 2.82. The zero-order valence-corrected chi connectivity index (χ0v) is 14.8. The van der Waals surface area contributed by atoms with Gasteiger partial charge in [0.25, 0.3) is 10.0 Å². The molecular formula is C13H11Br2FN2O2S. The number of benzene rings is 2. The Labute approximate surface area is 138 Å². The maximum absolute atomic E-state index is 14.0. The van der Waals surface area contributed by atoms with E-state index in [1.165, 1.54) is 6.07 Å². The first-order valence-corrected chi connectivity index (χ1v) is 8.82. The second-order valence-electron chi connectivity index (χ2n) is 4.33. The molecule has 0 heterocycles. The molecule has 0 aliphatic carbocycles. The summed E-state index contributed by atoms with van der Waals surface area (Å²) < 4.78 is 41.8. The second-order valence-corrected chi connectivity index (χ2v) is 7.69. The van der Waals surface area contributed by atoms with Crippen molar-refractivity contribution in [1.29, 1.82) is 0 Å². The highest BCUT2D eigenvalue weighted by molar-refractivity contribution is 9.10. The van der Waals surface area contributed by atoms with E-state index in [1.54, 1.807) is 25.1 Å². The van der Waals surface area contributed by atoms with Gasteiger partial charge in [0.05, 0.1) is 10.2 Å². The Morgan fingerprint density at radius 2 is 1.86 bits per heavy atom. The number of nitrogen functional groups attached to an aromatic ring is 1. The highest BCUT2D eigenvalue weighted by atomic mass is 79.9. The Morgan fingerprint density at radius 1 is 1.19 bits per heavy atom. The molecule has 0 saturated carbocycles. The van der Waals surface area contributed by atoms with Crippen LogP contribution in [0.25, 0.3) is 0 Å². The van der Waals surface area contributed by atoms with Crippen LogP contribution < -0.4 is 10.5 Å². The predicted molar refractivity (Wildman–Crippen MR) is 88.2 cm³/mol. The number of sulfonamides is 1. The van der Waals surface area contributed by atoms with Crippen molar-refractivity contribution < 1.29 is 12.8 Å². The van der Waals surface area contributed by atoms with E-state index in [2.05, 4.69) is 36.6 Å². The van der Waals surface area contributed by atoms with Crippen molar-refractivity contribution in [1.82, 2.24) is 0 Å². The summed E-state index contributed by atoms with van der Waals surface area (Å²) in [4.78, 5) is -0.506. The molecule has 0 atom stereocenters. The highest BCUT2D eigenvalue weighted by Crippen LogP contribution is 2.29. The van der Waals surface area contributed by atoms with E-state index in [-0.39, 0.29) is 10.2 Å². The summed E-state index contributed by atoms with van der Waals surface area (Å²) >= 11 is 6.26. The van der Waals surface area contributed by atoms with E-state index in [0.717, 1.165) is 10.5 Å². The zero-order chi connectivity index (χ0) is 15.8. The van der Waals surface area contributed by atoms with Gasteiger partial charge in [-0.05, 0) is 52.7 Å². The summed E-state index contributed by atoms with van der Waals surface area (Å²) in [5, 5.41) is 0. The van der Waals surface area contributed by atoms with Crippen molar-refractivity contribution in [2.75, 3.05) is 10.5 Å². The lowest BCUT2D eigenvalue weighted by Crippen LogP contribution is -2.16. The number of hydrogen-bond acceptors (Lipinski definition) is 3. The number of nitrogens with one attached hydrogen (secondary N) is 1. The smallest absolute Gasteiger partial charge is 0.264 e. The topological polar surface area (TPSA) is 72.2 Å². The van der Waals surface area contributed by atoms with Gasteiger partial charge >= 0.3 is 0 Å². The van der Waals surface area contributed by atoms with Crippen molar-refractivity contribution in [3.05, 3.63) is 50.7 Å². The summed E-state index contributed by atoms with van der Waals surface area (Å²) in [6, 6.07) is 7.44. The summed E-state index contributed by atoms with van der Waals surface area (Å²) in [5.41, 5.74) is 6.79. The SMILES string of the molecule is Cc1c(Br)cccc1NS(=O)(=O)c1cc(N)cc(Br)c1F. The first-order chi connectivity index (χ1) is 9.72. The summed E-state index contributed by atoms with van der Waals surface area (Å²) in [6.07, 6.45) is 0. The van der Waals surface area contributed by atoms with Crippen LogP contribution in [-0.2, 0) is 10.0 Å². The molecule has 0 aliphatic heterocycles. The number of anilines is 2. The molecule has 4 nitrogen and oxygen atoms in total. The molecule has 0 fully saturated rings. The minimum atomic E-state index is -4.08. The van der Waals surface area contributed by atoms with E-state index in [0.29, 0.717) is 11.3 Å². The van der Waals surface area contributed by atoms with Crippen molar-refractivity contribution in [3.63, 3.8) is 0 Å². The van der Waals surface area contributed by atoms with Crippen molar-refractivity contribution >= 4 is 53.3 Å². The van der Waals surface area contributed by atoms with Crippen LogP contribution in [0.1, 0.15) is 5.56 Å². The largest absolute Gasteiger partial charge is 0.399 e. The van der Waals surface area contributed by atoms with Crippen molar-refractivity contribution in [2.24, 2.45) is 0 Å². The van der Waals surface area contributed by atoms with Crippen LogP contribution in [0.3, 0.4) is 0 Å². The first kappa shape index (κ1) is 16.3. The Bertz CT molecular complexity index is 810. The number of rotatable bonds is 3. The Kier molecular flexibility index (Phi) is 4.60. The summed E-state index contributed by atoms with van der Waals surface area (Å²) in [5.74, 6) is -0.885. The molecule has 0 unspecified atom stereocenters. The molecule has 0 aromatic heterocycles. The van der Waals surface area contributed by atoms with Gasteiger partial charge < -0.3 is 5.73 Å². The fourth-order valence-electron chi connectivity index (χ4n) is 1.70. The van der Waals surface area contributed by atoms with Crippen LogP contribution in [0.5, 0.6) is 0 Å². The van der Waals surface area contributed by atoms with Crippen molar-refractivity contribution in [2.45, 2.75) is 11.8 Å². The van der Waals surface area contributed by atoms with Gasteiger partial charge in [-0.2, -0.15) is 0 Å². The molecule has 2 aromatic rings. The molecule has 0 aliphatic rings. The molecular weight excluding hydrogens is 427 g/mol. The summed E-state index contributed by atoms with van der Waals surface area (Å²) in [7, 11) is -4.08. The van der Waals surface area contributed by atoms with Gasteiger partial charge in [-0.3, -0.25) is 4.72 Å². The molecule has 112 valence electrons. The molecule has 3 N–H and O–H groups in total. The third-order valence-corrected chi connectivity index (χ3v) is 5.62. The number of halogens is 3. The molecule has 2 rings (SSSR count). The van der Waals surface area contributed by atoms with Crippen LogP contribution in [0.15, 0.2) is 44.2 Å². The van der Waals surface area contributed by atoms with Crippen LogP contribution in [0.2, 0.25) is 0 Å². The Balaban J connectivity index is 2.51. The third kappa shape index (κ3) is 3.38. The van der Waals surface area contributed by atoms with Crippen LogP contribution in [0.4, 0.5) is 15.8 Å². The van der Waals surface area contributed by atoms with E-state index >= 15 is 0 Å². The van der Waals surface area contributed by atoms with Gasteiger partial charge in [0.2, 0.25) is 0 Å². The van der Waals surface area contributed by atoms with Crippen LogP contribution in [-0.4, -0.2) is 8.42 Å². The second kappa shape index (κ2) is 5.94.